The third kappa shape index (κ3) is 5.13. The number of hydrogen-bond acceptors (Lipinski definition) is 4. The number of carbonyl (C=O) groups is 2. The zero-order chi connectivity index (χ0) is 20.6. The van der Waals surface area contributed by atoms with Gasteiger partial charge < -0.3 is 20.1 Å². The van der Waals surface area contributed by atoms with Gasteiger partial charge in [-0.3, -0.25) is 9.59 Å². The van der Waals surface area contributed by atoms with Crippen LogP contribution in [-0.4, -0.2) is 26.0 Å². The van der Waals surface area contributed by atoms with Gasteiger partial charge in [0.25, 0.3) is 11.8 Å². The van der Waals surface area contributed by atoms with Crippen LogP contribution in [0.4, 0.5) is 5.69 Å². The van der Waals surface area contributed by atoms with Crippen molar-refractivity contribution in [1.29, 1.82) is 0 Å². The van der Waals surface area contributed by atoms with E-state index in [1.165, 1.54) is 0 Å². The van der Waals surface area contributed by atoms with Crippen LogP contribution in [0.3, 0.4) is 0 Å². The highest BCUT2D eigenvalue weighted by Crippen LogP contribution is 2.18. The summed E-state index contributed by atoms with van der Waals surface area (Å²) < 4.78 is 10.4. The second kappa shape index (κ2) is 9.41. The molecule has 29 heavy (non-hydrogen) atoms. The SMILES string of the molecule is COc1cccc(NC(=O)c2ccc(C(=O)NCc3ccccc3OC)cc2)c1. The molecular weight excluding hydrogens is 368 g/mol. The summed E-state index contributed by atoms with van der Waals surface area (Å²) in [6.45, 7) is 0.348. The number of benzene rings is 3. The molecule has 3 aromatic rings. The molecule has 148 valence electrons. The monoisotopic (exact) mass is 390 g/mol. The minimum atomic E-state index is -0.265. The maximum Gasteiger partial charge on any atom is 0.255 e. The molecule has 0 saturated carbocycles. The highest BCUT2D eigenvalue weighted by Gasteiger charge is 2.10. The molecule has 0 radical (unpaired) electrons. The van der Waals surface area contributed by atoms with Crippen LogP contribution in [0.15, 0.2) is 72.8 Å². The fraction of sp³-hybridized carbons (Fsp3) is 0.130. The minimum Gasteiger partial charge on any atom is -0.497 e. The molecular formula is C23H22N2O4. The number of methoxy groups -OCH3 is 2. The summed E-state index contributed by atoms with van der Waals surface area (Å²) >= 11 is 0. The van der Waals surface area contributed by atoms with Crippen molar-refractivity contribution in [3.8, 4) is 11.5 Å². The number of rotatable bonds is 7. The molecule has 2 N–H and O–H groups in total. The van der Waals surface area contributed by atoms with Gasteiger partial charge in [0.2, 0.25) is 0 Å². The van der Waals surface area contributed by atoms with E-state index in [1.54, 1.807) is 62.8 Å². The molecule has 0 aromatic heterocycles. The first-order valence-corrected chi connectivity index (χ1v) is 9.06. The van der Waals surface area contributed by atoms with Crippen LogP contribution in [-0.2, 0) is 6.54 Å². The Morgan fingerprint density at radius 1 is 0.793 bits per heavy atom. The first-order chi connectivity index (χ1) is 14.1. The number of para-hydroxylation sites is 1. The molecule has 3 rings (SSSR count). The Kier molecular flexibility index (Phi) is 6.47. The van der Waals surface area contributed by atoms with Gasteiger partial charge in [0.1, 0.15) is 11.5 Å². The van der Waals surface area contributed by atoms with E-state index in [9.17, 15) is 9.59 Å². The summed E-state index contributed by atoms with van der Waals surface area (Å²) in [5.41, 5.74) is 2.44. The predicted molar refractivity (Wildman–Crippen MR) is 112 cm³/mol. The van der Waals surface area contributed by atoms with Crippen LogP contribution in [0.2, 0.25) is 0 Å². The van der Waals surface area contributed by atoms with Gasteiger partial charge in [-0.1, -0.05) is 24.3 Å². The van der Waals surface area contributed by atoms with Gasteiger partial charge in [0.15, 0.2) is 0 Å². The highest BCUT2D eigenvalue weighted by atomic mass is 16.5. The Labute approximate surface area is 169 Å². The summed E-state index contributed by atoms with van der Waals surface area (Å²) in [5, 5.41) is 5.67. The molecule has 6 heteroatoms. The molecule has 0 unspecified atom stereocenters. The molecule has 0 bridgehead atoms. The summed E-state index contributed by atoms with van der Waals surface area (Å²) in [5.74, 6) is 0.886. The summed E-state index contributed by atoms with van der Waals surface area (Å²) in [4.78, 5) is 24.8. The van der Waals surface area contributed by atoms with Gasteiger partial charge in [-0.25, -0.2) is 0 Å². The second-order valence-corrected chi connectivity index (χ2v) is 6.26. The van der Waals surface area contributed by atoms with E-state index < -0.39 is 0 Å². The molecule has 0 aliphatic rings. The van der Waals surface area contributed by atoms with E-state index in [1.807, 2.05) is 24.3 Å². The number of nitrogens with one attached hydrogen (secondary N) is 2. The lowest BCUT2D eigenvalue weighted by Gasteiger charge is -2.10. The molecule has 2 amide bonds. The molecule has 0 atom stereocenters. The predicted octanol–water partition coefficient (Wildman–Crippen LogP) is 3.89. The number of ether oxygens (including phenoxy) is 2. The van der Waals surface area contributed by atoms with Crippen molar-refractivity contribution in [2.75, 3.05) is 19.5 Å². The maximum absolute atomic E-state index is 12.4. The molecule has 0 spiro atoms. The largest absolute Gasteiger partial charge is 0.497 e. The van der Waals surface area contributed by atoms with Gasteiger partial charge in [0.05, 0.1) is 14.2 Å². The van der Waals surface area contributed by atoms with Crippen molar-refractivity contribution < 1.29 is 19.1 Å². The Morgan fingerprint density at radius 2 is 1.48 bits per heavy atom. The Morgan fingerprint density at radius 3 is 2.17 bits per heavy atom. The minimum absolute atomic E-state index is 0.226. The van der Waals surface area contributed by atoms with Gasteiger partial charge in [0, 0.05) is 35.0 Å². The van der Waals surface area contributed by atoms with Crippen LogP contribution < -0.4 is 20.1 Å². The number of carbonyl (C=O) groups excluding carboxylic acids is 2. The molecule has 6 nitrogen and oxygen atoms in total. The summed E-state index contributed by atoms with van der Waals surface area (Å²) in [6.07, 6.45) is 0. The Bertz CT molecular complexity index is 1000. The standard InChI is InChI=1S/C23H22N2O4/c1-28-20-8-5-7-19(14-20)25-23(27)17-12-10-16(11-13-17)22(26)24-15-18-6-3-4-9-21(18)29-2/h3-14H,15H2,1-2H3,(H,24,26)(H,25,27). The lowest BCUT2D eigenvalue weighted by atomic mass is 10.1. The number of hydrogen-bond donors (Lipinski definition) is 2. The lowest BCUT2D eigenvalue weighted by Crippen LogP contribution is -2.23. The highest BCUT2D eigenvalue weighted by molar-refractivity contribution is 6.05. The molecule has 3 aromatic carbocycles. The first kappa shape index (κ1) is 19.9. The van der Waals surface area contributed by atoms with Crippen molar-refractivity contribution in [2.24, 2.45) is 0 Å². The first-order valence-electron chi connectivity index (χ1n) is 9.06. The average molecular weight is 390 g/mol. The van der Waals surface area contributed by atoms with Gasteiger partial charge in [-0.05, 0) is 42.5 Å². The normalized spacial score (nSPS) is 10.1. The average Bonchev–Trinajstić information content (AvgIpc) is 2.77. The Hall–Kier alpha value is -3.80. The third-order valence-electron chi connectivity index (χ3n) is 4.37. The van der Waals surface area contributed by atoms with Gasteiger partial charge >= 0.3 is 0 Å². The molecule has 0 heterocycles. The quantitative estimate of drug-likeness (QED) is 0.642. The van der Waals surface area contributed by atoms with E-state index in [0.717, 1.165) is 11.3 Å². The van der Waals surface area contributed by atoms with Crippen molar-refractivity contribution in [1.82, 2.24) is 5.32 Å². The smallest absolute Gasteiger partial charge is 0.255 e. The summed E-state index contributed by atoms with van der Waals surface area (Å²) in [6, 6.07) is 21.1. The number of anilines is 1. The van der Waals surface area contributed by atoms with E-state index in [0.29, 0.717) is 29.1 Å². The summed E-state index contributed by atoms with van der Waals surface area (Å²) in [7, 11) is 3.16. The van der Waals surface area contributed by atoms with Crippen molar-refractivity contribution in [3.63, 3.8) is 0 Å². The van der Waals surface area contributed by atoms with Crippen LogP contribution in [0.25, 0.3) is 0 Å². The third-order valence-corrected chi connectivity index (χ3v) is 4.37. The van der Waals surface area contributed by atoms with Crippen LogP contribution in [0.1, 0.15) is 26.3 Å². The van der Waals surface area contributed by atoms with E-state index >= 15 is 0 Å². The molecule has 0 fully saturated rings. The fourth-order valence-electron chi connectivity index (χ4n) is 2.80. The van der Waals surface area contributed by atoms with Crippen molar-refractivity contribution in [3.05, 3.63) is 89.5 Å². The van der Waals surface area contributed by atoms with E-state index in [2.05, 4.69) is 10.6 Å². The van der Waals surface area contributed by atoms with E-state index in [4.69, 9.17) is 9.47 Å². The molecule has 0 aliphatic carbocycles. The van der Waals surface area contributed by atoms with Crippen LogP contribution in [0, 0.1) is 0 Å². The zero-order valence-electron chi connectivity index (χ0n) is 16.3. The number of amides is 2. The van der Waals surface area contributed by atoms with Crippen molar-refractivity contribution >= 4 is 17.5 Å². The maximum atomic E-state index is 12.4. The van der Waals surface area contributed by atoms with Crippen LogP contribution >= 0.6 is 0 Å². The zero-order valence-corrected chi connectivity index (χ0v) is 16.3. The molecule has 0 saturated heterocycles. The fourth-order valence-corrected chi connectivity index (χ4v) is 2.80. The second-order valence-electron chi connectivity index (χ2n) is 6.26. The lowest BCUT2D eigenvalue weighted by molar-refractivity contribution is 0.0949. The van der Waals surface area contributed by atoms with E-state index in [-0.39, 0.29) is 11.8 Å². The van der Waals surface area contributed by atoms with Crippen LogP contribution in [0.5, 0.6) is 11.5 Å². The Balaban J connectivity index is 1.61. The topological polar surface area (TPSA) is 76.7 Å². The van der Waals surface area contributed by atoms with Gasteiger partial charge in [-0.15, -0.1) is 0 Å². The molecule has 0 aliphatic heterocycles. The van der Waals surface area contributed by atoms with Gasteiger partial charge in [-0.2, -0.15) is 0 Å². The van der Waals surface area contributed by atoms with Crippen molar-refractivity contribution in [2.45, 2.75) is 6.54 Å².